The predicted octanol–water partition coefficient (Wildman–Crippen LogP) is 0.627. The zero-order valence-corrected chi connectivity index (χ0v) is 9.03. The number of nitrogens with one attached hydrogen (secondary N) is 1. The first-order valence-electron chi connectivity index (χ1n) is 4.83. The van der Waals surface area contributed by atoms with Crippen LogP contribution < -0.4 is 11.1 Å². The van der Waals surface area contributed by atoms with Crippen molar-refractivity contribution in [1.82, 2.24) is 5.32 Å². The number of rotatable bonds is 3. The number of aliphatic hydroxyl groups excluding tert-OH is 1. The standard InChI is InChI=1S/C10H11F3N2O3/c11-10(12,13)8(17)4-15-9(18)6-3-5(16)1-2-7(6)14/h1-3,8,16-17H,4,14H2,(H,15,18). The molecule has 1 atom stereocenters. The van der Waals surface area contributed by atoms with Crippen LogP contribution in [0.15, 0.2) is 18.2 Å². The van der Waals surface area contributed by atoms with Gasteiger partial charge in [-0.05, 0) is 18.2 Å². The third kappa shape index (κ3) is 3.52. The number of nitrogens with two attached hydrogens (primary N) is 1. The fraction of sp³-hybridized carbons (Fsp3) is 0.300. The van der Waals surface area contributed by atoms with E-state index in [1.54, 1.807) is 0 Å². The second-order valence-electron chi connectivity index (χ2n) is 3.54. The van der Waals surface area contributed by atoms with Crippen molar-refractivity contribution in [2.24, 2.45) is 0 Å². The van der Waals surface area contributed by atoms with Crippen molar-refractivity contribution in [3.8, 4) is 5.75 Å². The Morgan fingerprint density at radius 1 is 1.44 bits per heavy atom. The van der Waals surface area contributed by atoms with Crippen LogP contribution in [0, 0.1) is 0 Å². The van der Waals surface area contributed by atoms with Crippen molar-refractivity contribution in [1.29, 1.82) is 0 Å². The van der Waals surface area contributed by atoms with Crippen LogP contribution in [-0.4, -0.2) is 34.9 Å². The van der Waals surface area contributed by atoms with E-state index in [-0.39, 0.29) is 17.0 Å². The number of halogens is 3. The molecule has 0 spiro atoms. The molecule has 1 aromatic rings. The average Bonchev–Trinajstić information content (AvgIpc) is 2.27. The lowest BCUT2D eigenvalue weighted by Crippen LogP contribution is -2.40. The van der Waals surface area contributed by atoms with Gasteiger partial charge in [-0.1, -0.05) is 0 Å². The zero-order valence-electron chi connectivity index (χ0n) is 9.03. The van der Waals surface area contributed by atoms with Gasteiger partial charge in [-0.3, -0.25) is 4.79 Å². The highest BCUT2D eigenvalue weighted by atomic mass is 19.4. The van der Waals surface area contributed by atoms with Crippen LogP contribution in [0.4, 0.5) is 18.9 Å². The number of carbonyl (C=O) groups is 1. The molecule has 8 heteroatoms. The van der Waals surface area contributed by atoms with E-state index in [1.807, 2.05) is 5.32 Å². The average molecular weight is 264 g/mol. The molecule has 1 aromatic carbocycles. The summed E-state index contributed by atoms with van der Waals surface area (Å²) in [6.45, 7) is -0.989. The van der Waals surface area contributed by atoms with E-state index in [2.05, 4.69) is 0 Å². The molecule has 0 aromatic heterocycles. The summed E-state index contributed by atoms with van der Waals surface area (Å²) >= 11 is 0. The minimum atomic E-state index is -4.81. The number of carbonyl (C=O) groups excluding carboxylic acids is 1. The molecule has 100 valence electrons. The fourth-order valence-electron chi connectivity index (χ4n) is 1.14. The molecular weight excluding hydrogens is 253 g/mol. The van der Waals surface area contributed by atoms with E-state index >= 15 is 0 Å². The largest absolute Gasteiger partial charge is 0.508 e. The summed E-state index contributed by atoms with van der Waals surface area (Å²) in [6, 6.07) is 3.49. The van der Waals surface area contributed by atoms with Gasteiger partial charge in [0.15, 0.2) is 6.10 Å². The number of phenolic OH excluding ortho intramolecular Hbond substituents is 1. The lowest BCUT2D eigenvalue weighted by Gasteiger charge is -2.15. The van der Waals surface area contributed by atoms with Gasteiger partial charge in [-0.25, -0.2) is 0 Å². The molecule has 5 N–H and O–H groups in total. The van der Waals surface area contributed by atoms with Crippen LogP contribution in [-0.2, 0) is 0 Å². The summed E-state index contributed by atoms with van der Waals surface area (Å²) in [4.78, 5) is 11.5. The molecule has 1 unspecified atom stereocenters. The van der Waals surface area contributed by atoms with Crippen LogP contribution in [0.25, 0.3) is 0 Å². The fourth-order valence-corrected chi connectivity index (χ4v) is 1.14. The van der Waals surface area contributed by atoms with Gasteiger partial charge in [0, 0.05) is 5.69 Å². The number of nitrogen functional groups attached to an aromatic ring is 1. The first-order valence-corrected chi connectivity index (χ1v) is 4.83. The second kappa shape index (κ2) is 5.13. The Labute approximate surface area is 100 Å². The number of aliphatic hydroxyl groups is 1. The van der Waals surface area contributed by atoms with Crippen LogP contribution in [0.5, 0.6) is 5.75 Å². The number of anilines is 1. The van der Waals surface area contributed by atoms with E-state index in [0.717, 1.165) is 6.07 Å². The number of aromatic hydroxyl groups is 1. The van der Waals surface area contributed by atoms with Gasteiger partial charge in [-0.2, -0.15) is 13.2 Å². The molecule has 0 aliphatic rings. The molecule has 5 nitrogen and oxygen atoms in total. The molecule has 18 heavy (non-hydrogen) atoms. The van der Waals surface area contributed by atoms with Crippen molar-refractivity contribution in [2.45, 2.75) is 12.3 Å². The Balaban J connectivity index is 2.69. The van der Waals surface area contributed by atoms with E-state index in [0.29, 0.717) is 0 Å². The van der Waals surface area contributed by atoms with Gasteiger partial charge < -0.3 is 21.3 Å². The first-order chi connectivity index (χ1) is 8.21. The molecule has 0 heterocycles. The van der Waals surface area contributed by atoms with Crippen molar-refractivity contribution in [3.63, 3.8) is 0 Å². The summed E-state index contributed by atoms with van der Waals surface area (Å²) in [5.74, 6) is -1.16. The molecule has 0 aliphatic heterocycles. The smallest absolute Gasteiger partial charge is 0.416 e. The molecule has 1 rings (SSSR count). The van der Waals surface area contributed by atoms with Crippen molar-refractivity contribution in [2.75, 3.05) is 12.3 Å². The quantitative estimate of drug-likeness (QED) is 0.475. The van der Waals surface area contributed by atoms with E-state index in [4.69, 9.17) is 15.9 Å². The highest BCUT2D eigenvalue weighted by Gasteiger charge is 2.38. The minimum Gasteiger partial charge on any atom is -0.508 e. The van der Waals surface area contributed by atoms with Gasteiger partial charge in [0.2, 0.25) is 0 Å². The van der Waals surface area contributed by atoms with Gasteiger partial charge in [-0.15, -0.1) is 0 Å². The molecule has 0 fully saturated rings. The Bertz CT molecular complexity index is 448. The molecule has 0 aliphatic carbocycles. The highest BCUT2D eigenvalue weighted by molar-refractivity contribution is 5.99. The monoisotopic (exact) mass is 264 g/mol. The second-order valence-corrected chi connectivity index (χ2v) is 3.54. The lowest BCUT2D eigenvalue weighted by molar-refractivity contribution is -0.201. The summed E-state index contributed by atoms with van der Waals surface area (Å²) in [5, 5.41) is 19.7. The van der Waals surface area contributed by atoms with Crippen molar-refractivity contribution >= 4 is 11.6 Å². The summed E-state index contributed by atoms with van der Waals surface area (Å²) in [7, 11) is 0. The predicted molar refractivity (Wildman–Crippen MR) is 56.9 cm³/mol. The summed E-state index contributed by atoms with van der Waals surface area (Å²) < 4.78 is 35.9. The number of benzene rings is 1. The van der Waals surface area contributed by atoms with Gasteiger partial charge in [0.05, 0.1) is 12.1 Å². The summed E-state index contributed by atoms with van der Waals surface area (Å²) in [6.07, 6.45) is -7.46. The number of hydrogen-bond donors (Lipinski definition) is 4. The van der Waals surface area contributed by atoms with Crippen molar-refractivity contribution < 1.29 is 28.2 Å². The van der Waals surface area contributed by atoms with Gasteiger partial charge >= 0.3 is 6.18 Å². The molecule has 0 saturated heterocycles. The van der Waals surface area contributed by atoms with E-state index in [9.17, 15) is 18.0 Å². The van der Waals surface area contributed by atoms with Crippen LogP contribution in [0.1, 0.15) is 10.4 Å². The normalized spacial score (nSPS) is 13.1. The number of alkyl halides is 3. The maximum Gasteiger partial charge on any atom is 0.416 e. The summed E-state index contributed by atoms with van der Waals surface area (Å²) in [5.41, 5.74) is 5.27. The van der Waals surface area contributed by atoms with Gasteiger partial charge in [0.1, 0.15) is 5.75 Å². The Morgan fingerprint density at radius 3 is 2.61 bits per heavy atom. The molecule has 0 saturated carbocycles. The molecule has 0 bridgehead atoms. The molecule has 0 radical (unpaired) electrons. The Hall–Kier alpha value is -1.96. The highest BCUT2D eigenvalue weighted by Crippen LogP contribution is 2.20. The minimum absolute atomic E-state index is 0.00629. The lowest BCUT2D eigenvalue weighted by atomic mass is 10.1. The van der Waals surface area contributed by atoms with Crippen LogP contribution in [0.3, 0.4) is 0 Å². The zero-order chi connectivity index (χ0) is 13.9. The third-order valence-electron chi connectivity index (χ3n) is 2.12. The topological polar surface area (TPSA) is 95.6 Å². The van der Waals surface area contributed by atoms with E-state index in [1.165, 1.54) is 12.1 Å². The Kier molecular flexibility index (Phi) is 4.02. The molecule has 1 amide bonds. The van der Waals surface area contributed by atoms with E-state index < -0.39 is 24.7 Å². The number of phenols is 1. The Morgan fingerprint density at radius 2 is 2.06 bits per heavy atom. The van der Waals surface area contributed by atoms with Crippen LogP contribution in [0.2, 0.25) is 0 Å². The number of amides is 1. The first kappa shape index (κ1) is 14.1. The SMILES string of the molecule is Nc1ccc(O)cc1C(=O)NCC(O)C(F)(F)F. The maximum atomic E-state index is 12.0. The van der Waals surface area contributed by atoms with Gasteiger partial charge in [0.25, 0.3) is 5.91 Å². The molecular formula is C10H11F3N2O3. The maximum absolute atomic E-state index is 12.0. The third-order valence-corrected chi connectivity index (χ3v) is 2.12. The number of hydrogen-bond acceptors (Lipinski definition) is 4. The van der Waals surface area contributed by atoms with Crippen LogP contribution >= 0.6 is 0 Å². The van der Waals surface area contributed by atoms with Crippen molar-refractivity contribution in [3.05, 3.63) is 23.8 Å².